The molecule has 0 N–H and O–H groups in total. The zero-order valence-corrected chi connectivity index (χ0v) is 9.22. The van der Waals surface area contributed by atoms with E-state index in [1.165, 1.54) is 0 Å². The van der Waals surface area contributed by atoms with Gasteiger partial charge in [-0.3, -0.25) is 0 Å². The fourth-order valence-electron chi connectivity index (χ4n) is 1.28. The van der Waals surface area contributed by atoms with Gasteiger partial charge in [-0.15, -0.1) is 0 Å². The van der Waals surface area contributed by atoms with Gasteiger partial charge < -0.3 is 0 Å². The van der Waals surface area contributed by atoms with Crippen molar-refractivity contribution in [3.05, 3.63) is 34.3 Å². The third-order valence-corrected chi connectivity index (χ3v) is 2.44. The van der Waals surface area contributed by atoms with Gasteiger partial charge >= 0.3 is 0 Å². The monoisotopic (exact) mass is 209 g/mol. The zero-order chi connectivity index (χ0) is 10.8. The Morgan fingerprint density at radius 2 is 2.07 bits per heavy atom. The van der Waals surface area contributed by atoms with Crippen molar-refractivity contribution in [3.63, 3.8) is 0 Å². The van der Waals surface area contributed by atoms with E-state index in [2.05, 4.69) is 4.99 Å². The second-order valence-electron chi connectivity index (χ2n) is 3.75. The highest BCUT2D eigenvalue weighted by Crippen LogP contribution is 2.31. The van der Waals surface area contributed by atoms with Crippen LogP contribution in [0.4, 0.5) is 0 Å². The normalized spacial score (nSPS) is 10.9. The van der Waals surface area contributed by atoms with Crippen molar-refractivity contribution in [2.24, 2.45) is 4.99 Å². The Hall–Kier alpha value is -1.11. The summed E-state index contributed by atoms with van der Waals surface area (Å²) in [6.07, 6.45) is 1.57. The summed E-state index contributed by atoms with van der Waals surface area (Å²) in [7, 11) is 0. The van der Waals surface area contributed by atoms with Gasteiger partial charge in [-0.1, -0.05) is 29.3 Å². The average molecular weight is 210 g/mol. The lowest BCUT2D eigenvalue weighted by atomic mass is 9.94. The van der Waals surface area contributed by atoms with Gasteiger partial charge in [0.05, 0.1) is 5.54 Å². The van der Waals surface area contributed by atoms with Gasteiger partial charge in [0.1, 0.15) is 0 Å². The Morgan fingerprint density at radius 3 is 2.64 bits per heavy atom. The standard InChI is InChI=1S/C11H12ClNO/c1-8-4-5-10(12)9(6-8)11(2,3)13-7-14/h4-6H,1-3H3. The summed E-state index contributed by atoms with van der Waals surface area (Å²) in [5.74, 6) is 0. The maximum absolute atomic E-state index is 10.3. The zero-order valence-electron chi connectivity index (χ0n) is 8.47. The Morgan fingerprint density at radius 1 is 1.43 bits per heavy atom. The molecule has 0 atom stereocenters. The van der Waals surface area contributed by atoms with Gasteiger partial charge in [-0.2, -0.15) is 4.99 Å². The molecule has 0 aliphatic heterocycles. The number of aliphatic imine (C=N–C) groups is 1. The summed E-state index contributed by atoms with van der Waals surface area (Å²) in [5, 5.41) is 0.625. The highest BCUT2D eigenvalue weighted by Gasteiger charge is 2.22. The molecule has 0 aliphatic carbocycles. The summed E-state index contributed by atoms with van der Waals surface area (Å²) >= 11 is 6.03. The van der Waals surface area contributed by atoms with Crippen LogP contribution in [0.25, 0.3) is 0 Å². The minimum Gasteiger partial charge on any atom is -0.211 e. The van der Waals surface area contributed by atoms with Crippen molar-refractivity contribution < 1.29 is 4.79 Å². The molecule has 0 bridgehead atoms. The third-order valence-electron chi connectivity index (χ3n) is 2.11. The van der Waals surface area contributed by atoms with Gasteiger partial charge in [0.15, 0.2) is 0 Å². The molecular formula is C11H12ClNO. The molecule has 0 fully saturated rings. The predicted octanol–water partition coefficient (Wildman–Crippen LogP) is 3.22. The summed E-state index contributed by atoms with van der Waals surface area (Å²) in [5.41, 5.74) is 1.34. The van der Waals surface area contributed by atoms with Gasteiger partial charge in [-0.25, -0.2) is 4.79 Å². The van der Waals surface area contributed by atoms with Crippen molar-refractivity contribution in [2.45, 2.75) is 26.3 Å². The molecule has 0 heterocycles. The molecule has 1 aromatic carbocycles. The minimum atomic E-state index is -0.606. The van der Waals surface area contributed by atoms with Crippen LogP contribution in [0.15, 0.2) is 23.2 Å². The van der Waals surface area contributed by atoms with Gasteiger partial charge in [0, 0.05) is 5.02 Å². The first-order valence-electron chi connectivity index (χ1n) is 4.33. The van der Waals surface area contributed by atoms with E-state index in [1.807, 2.05) is 39.0 Å². The number of rotatable bonds is 2. The molecule has 14 heavy (non-hydrogen) atoms. The number of hydrogen-bond acceptors (Lipinski definition) is 2. The van der Waals surface area contributed by atoms with E-state index in [4.69, 9.17) is 11.6 Å². The Labute approximate surface area is 88.6 Å². The van der Waals surface area contributed by atoms with Gasteiger partial charge in [-0.05, 0) is 32.4 Å². The molecule has 1 aromatic rings. The molecule has 2 nitrogen and oxygen atoms in total. The molecule has 0 saturated carbocycles. The highest BCUT2D eigenvalue weighted by molar-refractivity contribution is 6.31. The molecule has 0 unspecified atom stereocenters. The number of benzene rings is 1. The Bertz CT molecular complexity index is 392. The second-order valence-corrected chi connectivity index (χ2v) is 4.15. The maximum atomic E-state index is 10.3. The molecule has 0 amide bonds. The lowest BCUT2D eigenvalue weighted by Gasteiger charge is -2.19. The van der Waals surface area contributed by atoms with E-state index in [1.54, 1.807) is 6.08 Å². The smallest absolute Gasteiger partial charge is 0.211 e. The van der Waals surface area contributed by atoms with Crippen LogP contribution in [0.5, 0.6) is 0 Å². The van der Waals surface area contributed by atoms with E-state index in [0.717, 1.165) is 11.1 Å². The number of isocyanates is 1. The van der Waals surface area contributed by atoms with Gasteiger partial charge in [0.2, 0.25) is 6.08 Å². The third kappa shape index (κ3) is 2.22. The van der Waals surface area contributed by atoms with Crippen molar-refractivity contribution in [1.29, 1.82) is 0 Å². The fourth-order valence-corrected chi connectivity index (χ4v) is 1.63. The number of halogens is 1. The van der Waals surface area contributed by atoms with E-state index in [-0.39, 0.29) is 0 Å². The van der Waals surface area contributed by atoms with Crippen molar-refractivity contribution in [1.82, 2.24) is 0 Å². The average Bonchev–Trinajstić information content (AvgIpc) is 2.09. The lowest BCUT2D eigenvalue weighted by Crippen LogP contribution is -2.14. The van der Waals surface area contributed by atoms with Crippen LogP contribution in [-0.4, -0.2) is 6.08 Å². The van der Waals surface area contributed by atoms with Crippen molar-refractivity contribution in [2.75, 3.05) is 0 Å². The number of carbonyl (C=O) groups excluding carboxylic acids is 1. The molecule has 3 heteroatoms. The van der Waals surface area contributed by atoms with Gasteiger partial charge in [0.25, 0.3) is 0 Å². The molecule has 0 saturated heterocycles. The summed E-state index contributed by atoms with van der Waals surface area (Å²) < 4.78 is 0. The highest BCUT2D eigenvalue weighted by atomic mass is 35.5. The van der Waals surface area contributed by atoms with Crippen LogP contribution >= 0.6 is 11.6 Å². The van der Waals surface area contributed by atoms with Crippen molar-refractivity contribution >= 4 is 17.7 Å². The van der Waals surface area contributed by atoms with Crippen LogP contribution in [0.1, 0.15) is 25.0 Å². The van der Waals surface area contributed by atoms with E-state index in [9.17, 15) is 4.79 Å². The molecule has 0 aliphatic rings. The minimum absolute atomic E-state index is 0.606. The van der Waals surface area contributed by atoms with E-state index >= 15 is 0 Å². The Kier molecular flexibility index (Phi) is 3.10. The molecular weight excluding hydrogens is 198 g/mol. The topological polar surface area (TPSA) is 29.4 Å². The molecule has 0 spiro atoms. The first-order chi connectivity index (χ1) is 6.47. The SMILES string of the molecule is Cc1ccc(Cl)c(C(C)(C)N=C=O)c1. The number of nitrogens with zero attached hydrogens (tertiary/aromatic N) is 1. The number of hydrogen-bond donors (Lipinski definition) is 0. The first-order valence-corrected chi connectivity index (χ1v) is 4.71. The quantitative estimate of drug-likeness (QED) is 0.543. The molecule has 0 aromatic heterocycles. The first kappa shape index (κ1) is 11.0. The molecule has 1 rings (SSSR count). The predicted molar refractivity (Wildman–Crippen MR) is 57.3 cm³/mol. The van der Waals surface area contributed by atoms with Crippen LogP contribution in [-0.2, 0) is 10.3 Å². The van der Waals surface area contributed by atoms with Crippen LogP contribution in [0, 0.1) is 6.92 Å². The van der Waals surface area contributed by atoms with Crippen LogP contribution < -0.4 is 0 Å². The largest absolute Gasteiger partial charge is 0.235 e. The Balaban J connectivity index is 3.30. The fraction of sp³-hybridized carbons (Fsp3) is 0.364. The van der Waals surface area contributed by atoms with Crippen LogP contribution in [0.3, 0.4) is 0 Å². The molecule has 0 radical (unpaired) electrons. The molecule has 74 valence electrons. The summed E-state index contributed by atoms with van der Waals surface area (Å²) in [6.45, 7) is 5.64. The van der Waals surface area contributed by atoms with E-state index < -0.39 is 5.54 Å². The van der Waals surface area contributed by atoms with Crippen LogP contribution in [0.2, 0.25) is 5.02 Å². The van der Waals surface area contributed by atoms with Crippen molar-refractivity contribution in [3.8, 4) is 0 Å². The number of aryl methyl sites for hydroxylation is 1. The second kappa shape index (κ2) is 3.95. The summed E-state index contributed by atoms with van der Waals surface area (Å²) in [4.78, 5) is 14.0. The maximum Gasteiger partial charge on any atom is 0.235 e. The lowest BCUT2D eigenvalue weighted by molar-refractivity contribution is 0.523. The van der Waals surface area contributed by atoms with E-state index in [0.29, 0.717) is 5.02 Å². The summed E-state index contributed by atoms with van der Waals surface area (Å²) in [6, 6.07) is 5.67.